The number of hydrogen-bond acceptors (Lipinski definition) is 8. The second-order valence-corrected chi connectivity index (χ2v) is 14.8. The number of ether oxygens (including phenoxy) is 1. The molecule has 0 amide bonds. The summed E-state index contributed by atoms with van der Waals surface area (Å²) in [5.74, 6) is 7.43. The lowest BCUT2D eigenvalue weighted by Crippen LogP contribution is -2.38. The van der Waals surface area contributed by atoms with Crippen LogP contribution in [0.15, 0.2) is 66.0 Å². The summed E-state index contributed by atoms with van der Waals surface area (Å²) in [4.78, 5) is 27.9. The number of dihydropyridines is 1. The van der Waals surface area contributed by atoms with E-state index in [4.69, 9.17) is 10.5 Å². The van der Waals surface area contributed by atoms with Crippen LogP contribution in [0.1, 0.15) is 94.2 Å². The largest absolute Gasteiger partial charge is 0.504 e. The molecular weight excluding hydrogens is 638 g/mol. The van der Waals surface area contributed by atoms with Crippen molar-refractivity contribution in [3.63, 3.8) is 0 Å². The number of aliphatic hydroxyl groups is 1. The lowest BCUT2D eigenvalue weighted by Gasteiger charge is -2.33. The van der Waals surface area contributed by atoms with E-state index in [9.17, 15) is 19.8 Å². The average molecular weight is 696 g/mol. The molecule has 5 rings (SSSR count). The molecule has 0 bridgehead atoms. The molecule has 7 atom stereocenters. The normalized spacial score (nSPS) is 25.1. The zero-order valence-corrected chi connectivity index (χ0v) is 30.6. The van der Waals surface area contributed by atoms with E-state index in [1.807, 2.05) is 36.4 Å². The Balaban J connectivity index is 1.61. The number of Topliss-reactive ketones (excluding diaryl/α,β-unsaturated/α-hetero) is 2. The van der Waals surface area contributed by atoms with Gasteiger partial charge in [0, 0.05) is 31.3 Å². The van der Waals surface area contributed by atoms with Gasteiger partial charge in [0.25, 0.3) is 0 Å². The molecule has 2 aromatic rings. The molecule has 3 aliphatic rings. The highest BCUT2D eigenvalue weighted by molar-refractivity contribution is 6.00. The van der Waals surface area contributed by atoms with Gasteiger partial charge in [-0.25, -0.2) is 0 Å². The number of nitrogens with one attached hydrogen (secondary N) is 2. The molecule has 1 saturated carbocycles. The second kappa shape index (κ2) is 18.4. The van der Waals surface area contributed by atoms with Crippen molar-refractivity contribution in [2.45, 2.75) is 90.1 Å². The lowest BCUT2D eigenvalue weighted by molar-refractivity contribution is -0.130. The number of aryl methyl sites for hydroxylation is 1. The fourth-order valence-electron chi connectivity index (χ4n) is 8.54. The van der Waals surface area contributed by atoms with Crippen molar-refractivity contribution in [2.24, 2.45) is 35.3 Å². The standard InChI is InChI=1S/C43H57N3O5/c1-4-9-36(41(50)27-45-17-5-2)33-21-29(19-28-16-18-46-43(44)22-28)20-31-13-15-35(30-10-7-6-8-11-30)37-26-40(49)42(51-3)24-32(37)12-14-34(47)25-39(48)38(31)23-33/h6-8,10-11,16,22,24,26,29,31,33,35-36,38,41,45-46,49-50H,4-5,9,12,14,17-21,23,25,27,44H2,1-3H3. The number of hydrogen-bond donors (Lipinski definition) is 5. The fraction of sp³-hybridized carbons (Fsp3) is 0.535. The molecule has 2 aromatic carbocycles. The first-order chi connectivity index (χ1) is 24.7. The van der Waals surface area contributed by atoms with Gasteiger partial charge >= 0.3 is 0 Å². The summed E-state index contributed by atoms with van der Waals surface area (Å²) in [5.41, 5.74) is 10.1. The smallest absolute Gasteiger partial charge is 0.160 e. The van der Waals surface area contributed by atoms with Crippen LogP contribution in [-0.4, -0.2) is 54.6 Å². The maximum atomic E-state index is 14.4. The number of carbonyl (C=O) groups excluding carboxylic acids is 2. The van der Waals surface area contributed by atoms with Crippen molar-refractivity contribution in [3.8, 4) is 23.3 Å². The third-order valence-corrected chi connectivity index (χ3v) is 11.1. The van der Waals surface area contributed by atoms with Crippen molar-refractivity contribution >= 4 is 11.6 Å². The molecule has 0 aromatic heterocycles. The summed E-state index contributed by atoms with van der Waals surface area (Å²) in [5, 5.41) is 29.2. The topological polar surface area (TPSA) is 134 Å². The highest BCUT2D eigenvalue weighted by Crippen LogP contribution is 2.44. The fourth-order valence-corrected chi connectivity index (χ4v) is 8.54. The molecule has 1 heterocycles. The minimum Gasteiger partial charge on any atom is -0.504 e. The molecule has 8 heteroatoms. The summed E-state index contributed by atoms with van der Waals surface area (Å²) < 4.78 is 5.46. The molecule has 2 aliphatic carbocycles. The molecule has 7 unspecified atom stereocenters. The maximum Gasteiger partial charge on any atom is 0.160 e. The predicted octanol–water partition coefficient (Wildman–Crippen LogP) is 6.16. The van der Waals surface area contributed by atoms with E-state index >= 15 is 0 Å². The van der Waals surface area contributed by atoms with Crippen molar-refractivity contribution in [3.05, 3.63) is 82.7 Å². The van der Waals surface area contributed by atoms with Crippen LogP contribution in [0.25, 0.3) is 0 Å². The molecular formula is C43H57N3O5. The van der Waals surface area contributed by atoms with Crippen LogP contribution in [-0.2, 0) is 16.0 Å². The van der Waals surface area contributed by atoms with Gasteiger partial charge in [0.1, 0.15) is 11.6 Å². The van der Waals surface area contributed by atoms with Crippen molar-refractivity contribution in [2.75, 3.05) is 26.7 Å². The van der Waals surface area contributed by atoms with E-state index in [0.717, 1.165) is 55.3 Å². The van der Waals surface area contributed by atoms with E-state index in [1.54, 1.807) is 12.1 Å². The number of phenolic OH excluding ortho intramolecular Hbond substituents is 1. The molecule has 0 spiro atoms. The number of allylic oxidation sites excluding steroid dienone is 2. The molecule has 0 saturated heterocycles. The lowest BCUT2D eigenvalue weighted by atomic mass is 9.74. The first-order valence-electron chi connectivity index (χ1n) is 19.0. The molecule has 8 nitrogen and oxygen atoms in total. The summed E-state index contributed by atoms with van der Waals surface area (Å²) in [6, 6.07) is 13.6. The van der Waals surface area contributed by atoms with Crippen LogP contribution in [0.4, 0.5) is 0 Å². The highest BCUT2D eigenvalue weighted by Gasteiger charge is 2.41. The zero-order chi connectivity index (χ0) is 36.3. The minimum absolute atomic E-state index is 0.0166. The van der Waals surface area contributed by atoms with Gasteiger partial charge in [0.2, 0.25) is 0 Å². The van der Waals surface area contributed by atoms with Crippen molar-refractivity contribution < 1.29 is 24.5 Å². The predicted molar refractivity (Wildman–Crippen MR) is 202 cm³/mol. The Kier molecular flexibility index (Phi) is 13.8. The third-order valence-electron chi connectivity index (χ3n) is 11.1. The van der Waals surface area contributed by atoms with Gasteiger partial charge in [0.05, 0.1) is 31.4 Å². The number of methoxy groups -OCH3 is 1. The average Bonchev–Trinajstić information content (AvgIpc) is 3.29. The number of nitrogens with two attached hydrogens (primary N) is 1. The highest BCUT2D eigenvalue weighted by atomic mass is 16.5. The van der Waals surface area contributed by atoms with Crippen molar-refractivity contribution in [1.82, 2.24) is 10.6 Å². The van der Waals surface area contributed by atoms with Crippen molar-refractivity contribution in [1.29, 1.82) is 0 Å². The Bertz CT molecular complexity index is 1620. The van der Waals surface area contributed by atoms with Crippen LogP contribution in [0.3, 0.4) is 0 Å². The molecule has 1 aliphatic heterocycles. The van der Waals surface area contributed by atoms with E-state index in [0.29, 0.717) is 43.9 Å². The Hall–Kier alpha value is -4.06. The SMILES string of the molecule is CCCNCC(O)C(CCC)C1CC(CC2=CCNC(N)=C2)CC2C#CC(c3ccccc3)c3cc(O)c(OC)cc3CCC(=O)CC(=O)C2C1. The van der Waals surface area contributed by atoms with E-state index in [1.165, 1.54) is 12.7 Å². The Morgan fingerprint density at radius 3 is 2.59 bits per heavy atom. The Labute approximate surface area is 304 Å². The van der Waals surface area contributed by atoms with Crippen LogP contribution in [0, 0.1) is 41.4 Å². The van der Waals surface area contributed by atoms with Gasteiger partial charge in [-0.1, -0.05) is 68.5 Å². The number of aromatic hydroxyl groups is 1. The second-order valence-electron chi connectivity index (χ2n) is 14.8. The van der Waals surface area contributed by atoms with Crippen LogP contribution in [0.2, 0.25) is 0 Å². The number of phenols is 1. The van der Waals surface area contributed by atoms with E-state index in [-0.39, 0.29) is 59.7 Å². The number of ketones is 2. The molecule has 51 heavy (non-hydrogen) atoms. The third kappa shape index (κ3) is 10.1. The van der Waals surface area contributed by atoms with Gasteiger partial charge in [0.15, 0.2) is 11.5 Å². The van der Waals surface area contributed by atoms with E-state index < -0.39 is 12.0 Å². The van der Waals surface area contributed by atoms with Gasteiger partial charge in [-0.3, -0.25) is 9.59 Å². The van der Waals surface area contributed by atoms with Crippen LogP contribution >= 0.6 is 0 Å². The summed E-state index contributed by atoms with van der Waals surface area (Å²) in [6.07, 6.45) is 9.91. The number of carbonyl (C=O) groups is 2. The summed E-state index contributed by atoms with van der Waals surface area (Å²) >= 11 is 0. The van der Waals surface area contributed by atoms with Crippen LogP contribution < -0.4 is 21.1 Å². The first kappa shape index (κ1) is 38.2. The summed E-state index contributed by atoms with van der Waals surface area (Å²) in [7, 11) is 1.51. The monoisotopic (exact) mass is 695 g/mol. The number of aliphatic hydroxyl groups excluding tert-OH is 1. The Morgan fingerprint density at radius 1 is 1.06 bits per heavy atom. The number of fused-ring (bicyclic) bond motifs is 2. The van der Waals surface area contributed by atoms with E-state index in [2.05, 4.69) is 42.4 Å². The molecule has 1 fully saturated rings. The molecule has 6 N–H and O–H groups in total. The Morgan fingerprint density at radius 2 is 1.86 bits per heavy atom. The summed E-state index contributed by atoms with van der Waals surface area (Å²) in [6.45, 7) is 6.32. The minimum atomic E-state index is -0.537. The molecule has 274 valence electrons. The first-order valence-corrected chi connectivity index (χ1v) is 19.0. The molecule has 0 radical (unpaired) electrons. The van der Waals surface area contributed by atoms with Crippen LogP contribution in [0.5, 0.6) is 11.5 Å². The van der Waals surface area contributed by atoms with Gasteiger partial charge in [-0.15, -0.1) is 0 Å². The maximum absolute atomic E-state index is 14.4. The number of benzene rings is 2. The van der Waals surface area contributed by atoms with Gasteiger partial charge in [-0.2, -0.15) is 0 Å². The van der Waals surface area contributed by atoms with Gasteiger partial charge in [-0.05, 0) is 110 Å². The zero-order valence-electron chi connectivity index (χ0n) is 30.6. The quantitative estimate of drug-likeness (QED) is 0.101. The number of rotatable bonds is 12. The van der Waals surface area contributed by atoms with Gasteiger partial charge < -0.3 is 31.3 Å².